The van der Waals surface area contributed by atoms with Gasteiger partial charge >= 0.3 is 0 Å². The molecule has 0 aromatic heterocycles. The molecule has 2 N–H and O–H groups in total. The van der Waals surface area contributed by atoms with Gasteiger partial charge in [-0.25, -0.2) is 0 Å². The summed E-state index contributed by atoms with van der Waals surface area (Å²) in [7, 11) is 1.72. The molecule has 114 valence electrons. The lowest BCUT2D eigenvalue weighted by molar-refractivity contribution is 0.286. The fourth-order valence-electron chi connectivity index (χ4n) is 3.22. The van der Waals surface area contributed by atoms with E-state index in [1.165, 1.54) is 23.1 Å². The molecule has 0 saturated heterocycles. The first-order chi connectivity index (χ1) is 9.14. The summed E-state index contributed by atoms with van der Waals surface area (Å²) >= 11 is 0. The summed E-state index contributed by atoms with van der Waals surface area (Å²) in [6.45, 7) is 13.3. The van der Waals surface area contributed by atoms with Crippen molar-refractivity contribution in [2.75, 3.05) is 7.11 Å². The number of rotatable bonds is 5. The van der Waals surface area contributed by atoms with Crippen molar-refractivity contribution in [2.45, 2.75) is 60.4 Å². The Hall–Kier alpha value is -1.02. The molecule has 0 saturated carbocycles. The van der Waals surface area contributed by atoms with Gasteiger partial charge in [-0.1, -0.05) is 39.8 Å². The second-order valence-electron chi connectivity index (χ2n) is 7.40. The summed E-state index contributed by atoms with van der Waals surface area (Å²) in [5, 5.41) is 0. The third kappa shape index (κ3) is 4.82. The van der Waals surface area contributed by atoms with E-state index in [2.05, 4.69) is 53.7 Å². The molecule has 0 heterocycles. The predicted octanol–water partition coefficient (Wildman–Crippen LogP) is 4.77. The SMILES string of the molecule is COc1c(C)cc(C(N)CC(C)CC(C)(C)C)cc1C. The maximum atomic E-state index is 6.40. The zero-order chi connectivity index (χ0) is 15.5. The fourth-order valence-corrected chi connectivity index (χ4v) is 3.22. The molecular formula is C18H31NO. The van der Waals surface area contributed by atoms with Gasteiger partial charge in [-0.05, 0) is 54.7 Å². The Bertz CT molecular complexity index is 422. The maximum absolute atomic E-state index is 6.40. The normalized spacial score (nSPS) is 15.0. The van der Waals surface area contributed by atoms with Gasteiger partial charge in [0.15, 0.2) is 0 Å². The molecule has 2 heteroatoms. The summed E-state index contributed by atoms with van der Waals surface area (Å²) < 4.78 is 5.42. The Kier molecular flexibility index (Phi) is 5.64. The van der Waals surface area contributed by atoms with Gasteiger partial charge in [0.25, 0.3) is 0 Å². The Balaban J connectivity index is 2.80. The number of ether oxygens (including phenoxy) is 1. The van der Waals surface area contributed by atoms with Crippen LogP contribution in [0.5, 0.6) is 5.75 Å². The number of hydrogen-bond acceptors (Lipinski definition) is 2. The Morgan fingerprint density at radius 3 is 2.05 bits per heavy atom. The van der Waals surface area contributed by atoms with Crippen molar-refractivity contribution in [3.05, 3.63) is 28.8 Å². The monoisotopic (exact) mass is 277 g/mol. The molecule has 0 aliphatic carbocycles. The quantitative estimate of drug-likeness (QED) is 0.841. The minimum absolute atomic E-state index is 0.107. The van der Waals surface area contributed by atoms with Crippen molar-refractivity contribution >= 4 is 0 Å². The molecule has 0 bridgehead atoms. The minimum Gasteiger partial charge on any atom is -0.496 e. The number of hydrogen-bond donors (Lipinski definition) is 1. The molecule has 2 atom stereocenters. The lowest BCUT2D eigenvalue weighted by atomic mass is 9.82. The van der Waals surface area contributed by atoms with Gasteiger partial charge in [0.2, 0.25) is 0 Å². The first kappa shape index (κ1) is 17.0. The molecule has 2 nitrogen and oxygen atoms in total. The van der Waals surface area contributed by atoms with Crippen LogP contribution in [-0.4, -0.2) is 7.11 Å². The van der Waals surface area contributed by atoms with E-state index in [9.17, 15) is 0 Å². The van der Waals surface area contributed by atoms with Gasteiger partial charge < -0.3 is 10.5 Å². The molecule has 0 aliphatic heterocycles. The molecule has 0 radical (unpaired) electrons. The number of methoxy groups -OCH3 is 1. The van der Waals surface area contributed by atoms with Gasteiger partial charge in [-0.3, -0.25) is 0 Å². The lowest BCUT2D eigenvalue weighted by Gasteiger charge is -2.26. The van der Waals surface area contributed by atoms with Crippen LogP contribution < -0.4 is 10.5 Å². The van der Waals surface area contributed by atoms with E-state index in [4.69, 9.17) is 10.5 Å². The largest absolute Gasteiger partial charge is 0.496 e. The van der Waals surface area contributed by atoms with Crippen LogP contribution in [-0.2, 0) is 0 Å². The molecule has 2 unspecified atom stereocenters. The average Bonchev–Trinajstić information content (AvgIpc) is 2.25. The molecule has 0 fully saturated rings. The zero-order valence-corrected chi connectivity index (χ0v) is 14.2. The summed E-state index contributed by atoms with van der Waals surface area (Å²) in [5.74, 6) is 1.61. The van der Waals surface area contributed by atoms with Crippen LogP contribution in [0.1, 0.15) is 63.3 Å². The van der Waals surface area contributed by atoms with E-state index >= 15 is 0 Å². The van der Waals surface area contributed by atoms with Crippen LogP contribution in [0.3, 0.4) is 0 Å². The van der Waals surface area contributed by atoms with E-state index in [1.807, 2.05) is 0 Å². The van der Waals surface area contributed by atoms with E-state index < -0.39 is 0 Å². The molecule has 1 rings (SSSR count). The molecule has 1 aromatic carbocycles. The standard InChI is InChI=1S/C18H31NO/c1-12(11-18(4,5)6)8-16(19)15-9-13(2)17(20-7)14(3)10-15/h9-10,12,16H,8,11,19H2,1-7H3. The van der Waals surface area contributed by atoms with Crippen LogP contribution in [0.2, 0.25) is 0 Å². The Morgan fingerprint density at radius 2 is 1.65 bits per heavy atom. The van der Waals surface area contributed by atoms with Crippen molar-refractivity contribution in [1.82, 2.24) is 0 Å². The highest BCUT2D eigenvalue weighted by Crippen LogP contribution is 2.32. The molecule has 0 aliphatic rings. The first-order valence-electron chi connectivity index (χ1n) is 7.54. The van der Waals surface area contributed by atoms with Crippen molar-refractivity contribution in [1.29, 1.82) is 0 Å². The number of aryl methyl sites for hydroxylation is 2. The number of nitrogens with two attached hydrogens (primary N) is 1. The van der Waals surface area contributed by atoms with Crippen LogP contribution in [0.4, 0.5) is 0 Å². The second-order valence-corrected chi connectivity index (χ2v) is 7.40. The summed E-state index contributed by atoms with van der Waals surface area (Å²) in [4.78, 5) is 0. The van der Waals surface area contributed by atoms with Crippen molar-refractivity contribution in [3.8, 4) is 5.75 Å². The summed E-state index contributed by atoms with van der Waals surface area (Å²) in [6, 6.07) is 4.44. The molecule has 0 amide bonds. The Morgan fingerprint density at radius 1 is 1.15 bits per heavy atom. The van der Waals surface area contributed by atoms with Crippen LogP contribution in [0.15, 0.2) is 12.1 Å². The minimum atomic E-state index is 0.107. The third-order valence-electron chi connectivity index (χ3n) is 3.73. The van der Waals surface area contributed by atoms with Crippen LogP contribution >= 0.6 is 0 Å². The first-order valence-corrected chi connectivity index (χ1v) is 7.54. The van der Waals surface area contributed by atoms with Gasteiger partial charge in [-0.2, -0.15) is 0 Å². The van der Waals surface area contributed by atoms with Crippen molar-refractivity contribution in [2.24, 2.45) is 17.1 Å². The zero-order valence-electron chi connectivity index (χ0n) is 14.2. The third-order valence-corrected chi connectivity index (χ3v) is 3.73. The highest BCUT2D eigenvalue weighted by Gasteiger charge is 2.19. The van der Waals surface area contributed by atoms with E-state index in [-0.39, 0.29) is 6.04 Å². The number of benzene rings is 1. The van der Waals surface area contributed by atoms with Gasteiger partial charge in [-0.15, -0.1) is 0 Å². The van der Waals surface area contributed by atoms with Crippen LogP contribution in [0.25, 0.3) is 0 Å². The van der Waals surface area contributed by atoms with E-state index in [0.717, 1.165) is 12.2 Å². The molecule has 20 heavy (non-hydrogen) atoms. The Labute approximate surface area is 124 Å². The molecular weight excluding hydrogens is 246 g/mol. The van der Waals surface area contributed by atoms with Crippen LogP contribution in [0, 0.1) is 25.2 Å². The highest BCUT2D eigenvalue weighted by atomic mass is 16.5. The maximum Gasteiger partial charge on any atom is 0.124 e. The average molecular weight is 277 g/mol. The smallest absolute Gasteiger partial charge is 0.124 e. The topological polar surface area (TPSA) is 35.2 Å². The highest BCUT2D eigenvalue weighted by molar-refractivity contribution is 5.44. The van der Waals surface area contributed by atoms with E-state index in [1.54, 1.807) is 7.11 Å². The lowest BCUT2D eigenvalue weighted by Crippen LogP contribution is -2.18. The van der Waals surface area contributed by atoms with Gasteiger partial charge in [0, 0.05) is 6.04 Å². The molecule has 0 spiro atoms. The fraction of sp³-hybridized carbons (Fsp3) is 0.667. The van der Waals surface area contributed by atoms with Gasteiger partial charge in [0.1, 0.15) is 5.75 Å². The summed E-state index contributed by atoms with van der Waals surface area (Å²) in [6.07, 6.45) is 2.23. The van der Waals surface area contributed by atoms with Crippen molar-refractivity contribution in [3.63, 3.8) is 0 Å². The van der Waals surface area contributed by atoms with Gasteiger partial charge in [0.05, 0.1) is 7.11 Å². The second kappa shape index (κ2) is 6.62. The predicted molar refractivity (Wildman–Crippen MR) is 87.2 cm³/mol. The summed E-state index contributed by atoms with van der Waals surface area (Å²) in [5.41, 5.74) is 10.3. The van der Waals surface area contributed by atoms with Crippen molar-refractivity contribution < 1.29 is 4.74 Å². The molecule has 1 aromatic rings. The van der Waals surface area contributed by atoms with E-state index in [0.29, 0.717) is 11.3 Å².